The Labute approximate surface area is 170 Å². The van der Waals surface area contributed by atoms with Gasteiger partial charge in [-0.3, -0.25) is 13.9 Å². The first-order valence-electron chi connectivity index (χ1n) is 9.72. The first kappa shape index (κ1) is 20.2. The second-order valence-electron chi connectivity index (χ2n) is 7.61. The molecule has 1 saturated heterocycles. The van der Waals surface area contributed by atoms with Crippen LogP contribution in [-0.2, 0) is 19.8 Å². The lowest BCUT2D eigenvalue weighted by Gasteiger charge is -2.32. The zero-order valence-electron chi connectivity index (χ0n) is 16.4. The molecule has 0 saturated carbocycles. The summed E-state index contributed by atoms with van der Waals surface area (Å²) in [4.78, 5) is 31.2. The van der Waals surface area contributed by atoms with Crippen LogP contribution in [0.15, 0.2) is 47.4 Å². The first-order chi connectivity index (χ1) is 14.3. The smallest absolute Gasteiger partial charge is 0.339 e. The molecule has 0 N–H and O–H groups in total. The van der Waals surface area contributed by atoms with Gasteiger partial charge in [-0.25, -0.2) is 9.78 Å². The molecular formula is C21H21F3N4O2. The molecule has 158 valence electrons. The third-order valence-corrected chi connectivity index (χ3v) is 5.70. The van der Waals surface area contributed by atoms with Crippen molar-refractivity contribution in [3.63, 3.8) is 0 Å². The van der Waals surface area contributed by atoms with Gasteiger partial charge >= 0.3 is 11.9 Å². The second-order valence-corrected chi connectivity index (χ2v) is 7.61. The van der Waals surface area contributed by atoms with Gasteiger partial charge in [-0.05, 0) is 55.2 Å². The van der Waals surface area contributed by atoms with Gasteiger partial charge in [-0.1, -0.05) is 0 Å². The van der Waals surface area contributed by atoms with Gasteiger partial charge in [0.05, 0.1) is 11.1 Å². The molecular weight excluding hydrogens is 397 g/mol. The molecule has 3 heterocycles. The average Bonchev–Trinajstić information content (AvgIpc) is 2.98. The Balaban J connectivity index is 1.42. The van der Waals surface area contributed by atoms with Crippen molar-refractivity contribution in [2.75, 3.05) is 13.1 Å². The Hall–Kier alpha value is -3.10. The Morgan fingerprint density at radius 3 is 2.43 bits per heavy atom. The number of rotatable bonds is 3. The number of nitrogens with zero attached hydrogens (tertiary/aromatic N) is 4. The van der Waals surface area contributed by atoms with Crippen LogP contribution in [0.1, 0.15) is 28.8 Å². The molecule has 0 radical (unpaired) electrons. The molecule has 9 heteroatoms. The van der Waals surface area contributed by atoms with Gasteiger partial charge in [0.15, 0.2) is 5.65 Å². The standard InChI is InChI=1S/C21H21F3N4O2/c1-26-17-3-2-10-25-18(17)28(20(26)30)13-14-8-11-27(12-9-14)19(29)15-4-6-16(7-5-15)21(22,23)24/h2-7,10,14H,8-9,11-13H2,1H3. The molecule has 4 rings (SSSR count). The summed E-state index contributed by atoms with van der Waals surface area (Å²) in [6.07, 6.45) is -1.35. The van der Waals surface area contributed by atoms with Crippen molar-refractivity contribution in [3.8, 4) is 0 Å². The lowest BCUT2D eigenvalue weighted by molar-refractivity contribution is -0.137. The zero-order chi connectivity index (χ0) is 21.5. The SMILES string of the molecule is Cn1c(=O)n(CC2CCN(C(=O)c3ccc(C(F)(F)F)cc3)CC2)c2ncccc21. The summed E-state index contributed by atoms with van der Waals surface area (Å²) >= 11 is 0. The number of fused-ring (bicyclic) bond motifs is 1. The molecule has 0 spiro atoms. The lowest BCUT2D eigenvalue weighted by atomic mass is 9.96. The third-order valence-electron chi connectivity index (χ3n) is 5.70. The van der Waals surface area contributed by atoms with E-state index >= 15 is 0 Å². The fourth-order valence-electron chi connectivity index (χ4n) is 3.96. The van der Waals surface area contributed by atoms with E-state index in [9.17, 15) is 22.8 Å². The maximum Gasteiger partial charge on any atom is 0.416 e. The van der Waals surface area contributed by atoms with E-state index in [1.165, 1.54) is 12.1 Å². The monoisotopic (exact) mass is 418 g/mol. The maximum atomic E-state index is 12.7. The number of halogens is 3. The molecule has 1 amide bonds. The molecule has 30 heavy (non-hydrogen) atoms. The van der Waals surface area contributed by atoms with Crippen LogP contribution in [-0.4, -0.2) is 38.0 Å². The average molecular weight is 418 g/mol. The predicted octanol–water partition coefficient (Wildman–Crippen LogP) is 3.31. The van der Waals surface area contributed by atoms with Crippen molar-refractivity contribution < 1.29 is 18.0 Å². The molecule has 1 fully saturated rings. The van der Waals surface area contributed by atoms with Gasteiger partial charge in [0.2, 0.25) is 0 Å². The molecule has 0 unspecified atom stereocenters. The molecule has 1 aliphatic heterocycles. The molecule has 0 aliphatic carbocycles. The highest BCUT2D eigenvalue weighted by atomic mass is 19.4. The Bertz CT molecular complexity index is 1120. The number of carbonyl (C=O) groups is 1. The number of hydrogen-bond donors (Lipinski definition) is 0. The van der Waals surface area contributed by atoms with Gasteiger partial charge in [-0.2, -0.15) is 13.2 Å². The molecule has 1 aliphatic rings. The molecule has 0 bridgehead atoms. The van der Waals surface area contributed by atoms with Gasteiger partial charge < -0.3 is 4.90 Å². The fourth-order valence-corrected chi connectivity index (χ4v) is 3.96. The fraction of sp³-hybridized carbons (Fsp3) is 0.381. The van der Waals surface area contributed by atoms with Crippen LogP contribution in [0, 0.1) is 5.92 Å². The van der Waals surface area contributed by atoms with E-state index in [-0.39, 0.29) is 23.1 Å². The summed E-state index contributed by atoms with van der Waals surface area (Å²) in [7, 11) is 1.72. The van der Waals surface area contributed by atoms with Crippen LogP contribution in [0.4, 0.5) is 13.2 Å². The van der Waals surface area contributed by atoms with Crippen LogP contribution >= 0.6 is 0 Å². The zero-order valence-corrected chi connectivity index (χ0v) is 16.4. The summed E-state index contributed by atoms with van der Waals surface area (Å²) in [5, 5.41) is 0. The van der Waals surface area contributed by atoms with E-state index in [0.717, 1.165) is 17.6 Å². The quantitative estimate of drug-likeness (QED) is 0.656. The first-order valence-corrected chi connectivity index (χ1v) is 9.72. The van der Waals surface area contributed by atoms with Crippen LogP contribution in [0.2, 0.25) is 0 Å². The number of amides is 1. The number of likely N-dealkylation sites (tertiary alicyclic amines) is 1. The summed E-state index contributed by atoms with van der Waals surface area (Å²) in [6.45, 7) is 1.52. The summed E-state index contributed by atoms with van der Waals surface area (Å²) in [6, 6.07) is 7.94. The minimum atomic E-state index is -4.42. The number of aromatic nitrogens is 3. The normalized spacial score (nSPS) is 15.7. The Morgan fingerprint density at radius 2 is 1.80 bits per heavy atom. The van der Waals surface area contributed by atoms with Gasteiger partial charge in [0.25, 0.3) is 5.91 Å². The second kappa shape index (κ2) is 7.62. The van der Waals surface area contributed by atoms with Crippen LogP contribution in [0.5, 0.6) is 0 Å². The van der Waals surface area contributed by atoms with Crippen molar-refractivity contribution in [2.45, 2.75) is 25.6 Å². The number of hydrogen-bond acceptors (Lipinski definition) is 3. The van der Waals surface area contributed by atoms with E-state index in [4.69, 9.17) is 0 Å². The summed E-state index contributed by atoms with van der Waals surface area (Å²) in [5.41, 5.74) is 0.778. The van der Waals surface area contributed by atoms with E-state index in [1.807, 2.05) is 6.07 Å². The number of carbonyl (C=O) groups excluding carboxylic acids is 1. The molecule has 1 aromatic carbocycles. The van der Waals surface area contributed by atoms with E-state index < -0.39 is 11.7 Å². The Morgan fingerprint density at radius 1 is 1.13 bits per heavy atom. The molecule has 6 nitrogen and oxygen atoms in total. The highest BCUT2D eigenvalue weighted by Gasteiger charge is 2.31. The molecule has 3 aromatic rings. The van der Waals surface area contributed by atoms with Gasteiger partial charge in [0, 0.05) is 38.4 Å². The number of piperidine rings is 1. The van der Waals surface area contributed by atoms with E-state index in [2.05, 4.69) is 4.98 Å². The summed E-state index contributed by atoms with van der Waals surface area (Å²) in [5.74, 6) is -0.0573. The maximum absolute atomic E-state index is 12.7. The largest absolute Gasteiger partial charge is 0.416 e. The number of imidazole rings is 1. The summed E-state index contributed by atoms with van der Waals surface area (Å²) < 4.78 is 41.3. The highest BCUT2D eigenvalue weighted by molar-refractivity contribution is 5.94. The van der Waals surface area contributed by atoms with Gasteiger partial charge in [0.1, 0.15) is 0 Å². The number of alkyl halides is 3. The van der Waals surface area contributed by atoms with Crippen LogP contribution in [0.3, 0.4) is 0 Å². The molecule has 2 aromatic heterocycles. The lowest BCUT2D eigenvalue weighted by Crippen LogP contribution is -2.40. The van der Waals surface area contributed by atoms with Crippen molar-refractivity contribution in [1.29, 1.82) is 0 Å². The van der Waals surface area contributed by atoms with Crippen molar-refractivity contribution in [3.05, 3.63) is 64.2 Å². The van der Waals surface area contributed by atoms with Crippen molar-refractivity contribution >= 4 is 17.1 Å². The number of pyridine rings is 1. The predicted molar refractivity (Wildman–Crippen MR) is 105 cm³/mol. The van der Waals surface area contributed by atoms with Gasteiger partial charge in [-0.15, -0.1) is 0 Å². The minimum Gasteiger partial charge on any atom is -0.339 e. The molecule has 0 atom stereocenters. The van der Waals surface area contributed by atoms with E-state index in [1.54, 1.807) is 33.3 Å². The Kier molecular flexibility index (Phi) is 5.13. The van der Waals surface area contributed by atoms with Crippen LogP contribution in [0.25, 0.3) is 11.2 Å². The third kappa shape index (κ3) is 3.71. The minimum absolute atomic E-state index is 0.119. The van der Waals surface area contributed by atoms with Crippen molar-refractivity contribution in [2.24, 2.45) is 13.0 Å². The topological polar surface area (TPSA) is 60.1 Å². The van der Waals surface area contributed by atoms with Crippen LogP contribution < -0.4 is 5.69 Å². The number of benzene rings is 1. The van der Waals surface area contributed by atoms with E-state index in [0.29, 0.717) is 38.1 Å². The highest BCUT2D eigenvalue weighted by Crippen LogP contribution is 2.29. The van der Waals surface area contributed by atoms with Crippen molar-refractivity contribution in [1.82, 2.24) is 19.0 Å². The number of aryl methyl sites for hydroxylation is 1.